The van der Waals surface area contributed by atoms with Crippen molar-refractivity contribution in [1.82, 2.24) is 0 Å². The molecule has 0 saturated carbocycles. The second-order valence-electron chi connectivity index (χ2n) is 3.92. The molecule has 1 aliphatic heterocycles. The van der Waals surface area contributed by atoms with Crippen LogP contribution in [0.25, 0.3) is 0 Å². The Labute approximate surface area is 92.2 Å². The summed E-state index contributed by atoms with van der Waals surface area (Å²) < 4.78 is 9.97. The molecule has 94 valence electrons. The number of ether oxygens (including phenoxy) is 2. The van der Waals surface area contributed by atoms with E-state index in [0.717, 1.165) is 0 Å². The van der Waals surface area contributed by atoms with E-state index in [1.54, 1.807) is 13.8 Å². The fourth-order valence-electron chi connectivity index (χ4n) is 1.43. The normalized spacial score (nSPS) is 40.0. The van der Waals surface area contributed by atoms with Crippen LogP contribution in [0.3, 0.4) is 0 Å². The van der Waals surface area contributed by atoms with Crippen molar-refractivity contribution < 1.29 is 34.7 Å². The molecular formula is C9H16O7. The molecular weight excluding hydrogens is 220 g/mol. The van der Waals surface area contributed by atoms with Gasteiger partial charge in [0.1, 0.15) is 18.3 Å². The number of hydrogen-bond donors (Lipinski definition) is 4. The Balaban J connectivity index is 2.77. The van der Waals surface area contributed by atoms with Crippen LogP contribution in [0.15, 0.2) is 0 Å². The van der Waals surface area contributed by atoms with Crippen LogP contribution in [0.4, 0.5) is 0 Å². The zero-order valence-electron chi connectivity index (χ0n) is 8.98. The van der Waals surface area contributed by atoms with Gasteiger partial charge in [-0.05, 0) is 13.8 Å². The van der Waals surface area contributed by atoms with Crippen LogP contribution in [0.1, 0.15) is 13.8 Å². The maximum Gasteiger partial charge on any atom is 0.335 e. The summed E-state index contributed by atoms with van der Waals surface area (Å²) in [5.74, 6) is -1.42. The van der Waals surface area contributed by atoms with Gasteiger partial charge in [-0.1, -0.05) is 0 Å². The Bertz CT molecular complexity index is 254. The quantitative estimate of drug-likeness (QED) is 0.461. The number of carboxylic acid groups (broad SMARTS) is 1. The third kappa shape index (κ3) is 2.69. The minimum absolute atomic E-state index is 0.309. The summed E-state index contributed by atoms with van der Waals surface area (Å²) >= 11 is 0. The molecule has 1 aliphatic rings. The minimum Gasteiger partial charge on any atom is -0.479 e. The second kappa shape index (κ2) is 5.07. The molecule has 7 nitrogen and oxygen atoms in total. The van der Waals surface area contributed by atoms with Crippen molar-refractivity contribution in [1.29, 1.82) is 0 Å². The van der Waals surface area contributed by atoms with Crippen LogP contribution in [0.2, 0.25) is 0 Å². The average Bonchev–Trinajstić information content (AvgIpc) is 2.18. The van der Waals surface area contributed by atoms with E-state index >= 15 is 0 Å². The lowest BCUT2D eigenvalue weighted by molar-refractivity contribution is -0.301. The second-order valence-corrected chi connectivity index (χ2v) is 3.92. The molecule has 4 N–H and O–H groups in total. The highest BCUT2D eigenvalue weighted by Gasteiger charge is 2.47. The van der Waals surface area contributed by atoms with Gasteiger partial charge in [-0.3, -0.25) is 0 Å². The fourth-order valence-corrected chi connectivity index (χ4v) is 1.43. The van der Waals surface area contributed by atoms with Gasteiger partial charge in [-0.2, -0.15) is 0 Å². The number of carboxylic acids is 1. The van der Waals surface area contributed by atoms with Gasteiger partial charge < -0.3 is 29.9 Å². The molecule has 0 amide bonds. The van der Waals surface area contributed by atoms with E-state index in [2.05, 4.69) is 0 Å². The predicted molar refractivity (Wildman–Crippen MR) is 50.5 cm³/mol. The van der Waals surface area contributed by atoms with Gasteiger partial charge in [0.15, 0.2) is 12.4 Å². The lowest BCUT2D eigenvalue weighted by Gasteiger charge is -2.39. The summed E-state index contributed by atoms with van der Waals surface area (Å²) in [5.41, 5.74) is 0. The molecule has 0 aromatic heterocycles. The topological polar surface area (TPSA) is 116 Å². The van der Waals surface area contributed by atoms with Gasteiger partial charge in [-0.25, -0.2) is 4.79 Å². The first-order valence-corrected chi connectivity index (χ1v) is 4.92. The number of aliphatic hydroxyl groups is 3. The standard InChI is InChI=1S/C9H16O7/c1-3(2)15-9-6(12)4(10)5(11)7(16-9)8(13)14/h3-7,9-12H,1-2H3,(H,13,14)/t4-,5?,6?,7-,9+/m0/s1. The summed E-state index contributed by atoms with van der Waals surface area (Å²) in [5, 5.41) is 37.0. The molecule has 0 aromatic carbocycles. The van der Waals surface area contributed by atoms with Crippen molar-refractivity contribution in [3.63, 3.8) is 0 Å². The highest BCUT2D eigenvalue weighted by Crippen LogP contribution is 2.23. The summed E-state index contributed by atoms with van der Waals surface area (Å²) in [4.78, 5) is 10.7. The van der Waals surface area contributed by atoms with Gasteiger partial charge in [0.25, 0.3) is 0 Å². The molecule has 0 aromatic rings. The van der Waals surface area contributed by atoms with Crippen molar-refractivity contribution in [3.8, 4) is 0 Å². The third-order valence-electron chi connectivity index (χ3n) is 2.22. The fraction of sp³-hybridized carbons (Fsp3) is 0.889. The molecule has 5 atom stereocenters. The van der Waals surface area contributed by atoms with Crippen LogP contribution in [-0.2, 0) is 14.3 Å². The molecule has 1 fully saturated rings. The molecule has 1 rings (SSSR count). The van der Waals surface area contributed by atoms with E-state index < -0.39 is 36.7 Å². The first-order chi connectivity index (χ1) is 7.34. The van der Waals surface area contributed by atoms with Crippen LogP contribution in [0.5, 0.6) is 0 Å². The summed E-state index contributed by atoms with van der Waals surface area (Å²) in [6.45, 7) is 3.34. The Morgan fingerprint density at radius 3 is 2.19 bits per heavy atom. The predicted octanol–water partition coefficient (Wildman–Crippen LogP) is -1.70. The number of aliphatic hydroxyl groups excluding tert-OH is 3. The monoisotopic (exact) mass is 236 g/mol. The number of hydrogen-bond acceptors (Lipinski definition) is 6. The number of carbonyl (C=O) groups is 1. The van der Waals surface area contributed by atoms with Crippen LogP contribution < -0.4 is 0 Å². The van der Waals surface area contributed by atoms with E-state index in [1.807, 2.05) is 0 Å². The molecule has 0 spiro atoms. The molecule has 16 heavy (non-hydrogen) atoms. The SMILES string of the molecule is CC(C)O[C@@H]1O[C@H](C(=O)O)C(O)[C@H](O)C1O. The summed E-state index contributed by atoms with van der Waals surface area (Å²) in [6.07, 6.45) is -7.95. The van der Waals surface area contributed by atoms with Crippen molar-refractivity contribution >= 4 is 5.97 Å². The molecule has 1 heterocycles. The largest absolute Gasteiger partial charge is 0.479 e. The van der Waals surface area contributed by atoms with Gasteiger partial charge >= 0.3 is 5.97 Å². The van der Waals surface area contributed by atoms with Gasteiger partial charge in [0, 0.05) is 0 Å². The smallest absolute Gasteiger partial charge is 0.335 e. The van der Waals surface area contributed by atoms with Crippen molar-refractivity contribution in [2.75, 3.05) is 0 Å². The molecule has 2 unspecified atom stereocenters. The van der Waals surface area contributed by atoms with Crippen molar-refractivity contribution in [3.05, 3.63) is 0 Å². The van der Waals surface area contributed by atoms with Crippen LogP contribution >= 0.6 is 0 Å². The molecule has 0 aliphatic carbocycles. The summed E-state index contributed by atoms with van der Waals surface area (Å²) in [7, 11) is 0. The molecule has 0 bridgehead atoms. The van der Waals surface area contributed by atoms with Gasteiger partial charge in [0.05, 0.1) is 6.10 Å². The van der Waals surface area contributed by atoms with E-state index in [1.165, 1.54) is 0 Å². The minimum atomic E-state index is -1.68. The van der Waals surface area contributed by atoms with Crippen LogP contribution in [0, 0.1) is 0 Å². The highest BCUT2D eigenvalue weighted by molar-refractivity contribution is 5.73. The van der Waals surface area contributed by atoms with E-state index in [9.17, 15) is 20.1 Å². The molecule has 1 saturated heterocycles. The molecule has 0 radical (unpaired) electrons. The Hall–Kier alpha value is -0.730. The van der Waals surface area contributed by atoms with Gasteiger partial charge in [0.2, 0.25) is 0 Å². The lowest BCUT2D eigenvalue weighted by atomic mass is 9.99. The molecule has 7 heteroatoms. The maximum atomic E-state index is 10.7. The van der Waals surface area contributed by atoms with Crippen molar-refractivity contribution in [2.45, 2.75) is 50.7 Å². The summed E-state index contributed by atoms with van der Waals surface area (Å²) in [6, 6.07) is 0. The maximum absolute atomic E-state index is 10.7. The third-order valence-corrected chi connectivity index (χ3v) is 2.22. The van der Waals surface area contributed by atoms with E-state index in [-0.39, 0.29) is 6.10 Å². The Kier molecular flexibility index (Phi) is 4.22. The Morgan fingerprint density at radius 2 is 1.75 bits per heavy atom. The first-order valence-electron chi connectivity index (χ1n) is 4.92. The zero-order valence-corrected chi connectivity index (χ0v) is 8.98. The number of aliphatic carboxylic acids is 1. The van der Waals surface area contributed by atoms with E-state index in [4.69, 9.17) is 14.6 Å². The van der Waals surface area contributed by atoms with Gasteiger partial charge in [-0.15, -0.1) is 0 Å². The van der Waals surface area contributed by atoms with E-state index in [0.29, 0.717) is 0 Å². The lowest BCUT2D eigenvalue weighted by Crippen LogP contribution is -2.60. The first kappa shape index (κ1) is 13.3. The Morgan fingerprint density at radius 1 is 1.19 bits per heavy atom. The highest BCUT2D eigenvalue weighted by atomic mass is 16.7. The van der Waals surface area contributed by atoms with Crippen molar-refractivity contribution in [2.24, 2.45) is 0 Å². The number of rotatable bonds is 3. The zero-order chi connectivity index (χ0) is 12.5. The van der Waals surface area contributed by atoms with Crippen LogP contribution in [-0.4, -0.2) is 63.2 Å². The average molecular weight is 236 g/mol.